The Morgan fingerprint density at radius 3 is 2.62 bits per heavy atom. The number of rotatable bonds is 1. The van der Waals surface area contributed by atoms with Gasteiger partial charge in [-0.3, -0.25) is 0 Å². The number of hydrogen-bond donors (Lipinski definition) is 2. The van der Waals surface area contributed by atoms with Gasteiger partial charge in [0.05, 0.1) is 6.10 Å². The van der Waals surface area contributed by atoms with E-state index in [1.54, 1.807) is 4.90 Å². The van der Waals surface area contributed by atoms with Crippen LogP contribution in [0.5, 0.6) is 0 Å². The maximum Gasteiger partial charge on any atom is 0.317 e. The lowest BCUT2D eigenvalue weighted by Gasteiger charge is -2.28. The Morgan fingerprint density at radius 2 is 2.15 bits per heavy atom. The summed E-state index contributed by atoms with van der Waals surface area (Å²) in [6, 6.07) is 0.395. The molecule has 0 aromatic rings. The fourth-order valence-electron chi connectivity index (χ4n) is 1.74. The number of hydrogen-bond acceptors (Lipinski definition) is 2. The van der Waals surface area contributed by atoms with Gasteiger partial charge in [-0.1, -0.05) is 0 Å². The van der Waals surface area contributed by atoms with E-state index < -0.39 is 0 Å². The maximum atomic E-state index is 11.5. The molecule has 0 radical (unpaired) electrons. The predicted octanol–water partition coefficient (Wildman–Crippen LogP) is 0.315. The van der Waals surface area contributed by atoms with Crippen molar-refractivity contribution in [3.63, 3.8) is 0 Å². The van der Waals surface area contributed by atoms with Gasteiger partial charge in [0, 0.05) is 19.1 Å². The number of urea groups is 1. The number of aliphatic hydroxyl groups excluding tert-OH is 1. The molecular weight excluding hydrogens is 168 g/mol. The molecule has 13 heavy (non-hydrogen) atoms. The summed E-state index contributed by atoms with van der Waals surface area (Å²) in [7, 11) is 0. The van der Waals surface area contributed by atoms with Crippen molar-refractivity contribution in [1.29, 1.82) is 0 Å². The second-order valence-electron chi connectivity index (χ2n) is 3.97. The standard InChI is InChI=1S/C9H16N2O2/c12-8-4-5-11(6-8)9(13)10-7-2-1-3-7/h7-8,12H,1-6H2,(H,10,13). The zero-order valence-corrected chi connectivity index (χ0v) is 7.70. The Hall–Kier alpha value is -0.770. The molecule has 0 spiro atoms. The van der Waals surface area contributed by atoms with Gasteiger partial charge in [-0.25, -0.2) is 4.79 Å². The average molecular weight is 184 g/mol. The van der Waals surface area contributed by atoms with Gasteiger partial charge in [0.2, 0.25) is 0 Å². The molecule has 4 nitrogen and oxygen atoms in total. The van der Waals surface area contributed by atoms with Gasteiger partial charge in [0.25, 0.3) is 0 Å². The van der Waals surface area contributed by atoms with Crippen molar-refractivity contribution < 1.29 is 9.90 Å². The van der Waals surface area contributed by atoms with Crippen LogP contribution in [0.2, 0.25) is 0 Å². The number of β-amino-alcohol motifs (C(OH)–C–C–N with tert-alkyl or cyclic N) is 1. The van der Waals surface area contributed by atoms with E-state index in [9.17, 15) is 9.90 Å². The van der Waals surface area contributed by atoms with Crippen molar-refractivity contribution in [2.24, 2.45) is 0 Å². The minimum absolute atomic E-state index is 0.00116. The second kappa shape index (κ2) is 3.54. The summed E-state index contributed by atoms with van der Waals surface area (Å²) >= 11 is 0. The lowest BCUT2D eigenvalue weighted by atomic mass is 9.93. The van der Waals surface area contributed by atoms with Crippen LogP contribution in [0.3, 0.4) is 0 Å². The minimum Gasteiger partial charge on any atom is -0.391 e. The summed E-state index contributed by atoms with van der Waals surface area (Å²) in [5, 5.41) is 12.2. The van der Waals surface area contributed by atoms with E-state index in [0.717, 1.165) is 19.3 Å². The molecule has 0 aromatic heterocycles. The Balaban J connectivity index is 1.76. The normalized spacial score (nSPS) is 28.7. The number of carbonyl (C=O) groups is 1. The van der Waals surface area contributed by atoms with E-state index in [4.69, 9.17) is 0 Å². The highest BCUT2D eigenvalue weighted by Crippen LogP contribution is 2.19. The zero-order chi connectivity index (χ0) is 9.26. The number of nitrogens with zero attached hydrogens (tertiary/aromatic N) is 1. The molecular formula is C9H16N2O2. The van der Waals surface area contributed by atoms with E-state index in [0.29, 0.717) is 19.1 Å². The molecule has 1 aliphatic heterocycles. The third-order valence-corrected chi connectivity index (χ3v) is 2.88. The van der Waals surface area contributed by atoms with Crippen LogP contribution in [-0.4, -0.2) is 41.3 Å². The molecule has 1 saturated carbocycles. The lowest BCUT2D eigenvalue weighted by molar-refractivity contribution is 0.167. The summed E-state index contributed by atoms with van der Waals surface area (Å²) in [6.07, 6.45) is 3.86. The van der Waals surface area contributed by atoms with Crippen molar-refractivity contribution in [3.8, 4) is 0 Å². The number of likely N-dealkylation sites (tertiary alicyclic amines) is 1. The van der Waals surface area contributed by atoms with Gasteiger partial charge < -0.3 is 15.3 Å². The second-order valence-corrected chi connectivity index (χ2v) is 3.97. The quantitative estimate of drug-likeness (QED) is 0.616. The van der Waals surface area contributed by atoms with Gasteiger partial charge in [-0.05, 0) is 25.7 Å². The highest BCUT2D eigenvalue weighted by Gasteiger charge is 2.27. The molecule has 1 heterocycles. The summed E-state index contributed by atoms with van der Waals surface area (Å²) in [5.41, 5.74) is 0. The molecule has 1 saturated heterocycles. The smallest absolute Gasteiger partial charge is 0.317 e. The summed E-state index contributed by atoms with van der Waals surface area (Å²) < 4.78 is 0. The Kier molecular flexibility index (Phi) is 2.40. The topological polar surface area (TPSA) is 52.6 Å². The molecule has 1 unspecified atom stereocenters. The molecule has 0 aromatic carbocycles. The molecule has 2 N–H and O–H groups in total. The third-order valence-electron chi connectivity index (χ3n) is 2.88. The van der Waals surface area contributed by atoms with Gasteiger partial charge in [-0.2, -0.15) is 0 Å². The fourth-order valence-corrected chi connectivity index (χ4v) is 1.74. The van der Waals surface area contributed by atoms with Crippen molar-refractivity contribution in [2.75, 3.05) is 13.1 Å². The van der Waals surface area contributed by atoms with Crippen LogP contribution >= 0.6 is 0 Å². The third kappa shape index (κ3) is 1.94. The predicted molar refractivity (Wildman–Crippen MR) is 48.4 cm³/mol. The van der Waals surface area contributed by atoms with Crippen molar-refractivity contribution in [2.45, 2.75) is 37.8 Å². The molecule has 4 heteroatoms. The Bertz CT molecular complexity index is 204. The van der Waals surface area contributed by atoms with Crippen LogP contribution in [0.1, 0.15) is 25.7 Å². The van der Waals surface area contributed by atoms with Gasteiger partial charge in [0.15, 0.2) is 0 Å². The molecule has 2 amide bonds. The zero-order valence-electron chi connectivity index (χ0n) is 7.70. The molecule has 2 rings (SSSR count). The molecule has 1 atom stereocenters. The van der Waals surface area contributed by atoms with Crippen LogP contribution in [-0.2, 0) is 0 Å². The first-order valence-electron chi connectivity index (χ1n) is 4.99. The SMILES string of the molecule is O=C(NC1CCC1)N1CCC(O)C1. The Morgan fingerprint density at radius 1 is 1.38 bits per heavy atom. The molecule has 1 aliphatic carbocycles. The lowest BCUT2D eigenvalue weighted by Crippen LogP contribution is -2.46. The largest absolute Gasteiger partial charge is 0.391 e. The Labute approximate surface area is 77.9 Å². The van der Waals surface area contributed by atoms with E-state index in [1.807, 2.05) is 0 Å². The van der Waals surface area contributed by atoms with Crippen LogP contribution < -0.4 is 5.32 Å². The number of carbonyl (C=O) groups excluding carboxylic acids is 1. The van der Waals surface area contributed by atoms with E-state index >= 15 is 0 Å². The average Bonchev–Trinajstić information content (AvgIpc) is 2.44. The first-order chi connectivity index (χ1) is 6.25. The molecule has 2 aliphatic rings. The van der Waals surface area contributed by atoms with E-state index in [2.05, 4.69) is 5.32 Å². The van der Waals surface area contributed by atoms with E-state index in [-0.39, 0.29) is 12.1 Å². The van der Waals surface area contributed by atoms with Crippen molar-refractivity contribution in [3.05, 3.63) is 0 Å². The van der Waals surface area contributed by atoms with Crippen LogP contribution in [0, 0.1) is 0 Å². The summed E-state index contributed by atoms with van der Waals surface area (Å²) in [4.78, 5) is 13.2. The summed E-state index contributed by atoms with van der Waals surface area (Å²) in [5.74, 6) is 0. The van der Waals surface area contributed by atoms with Gasteiger partial charge in [0.1, 0.15) is 0 Å². The van der Waals surface area contributed by atoms with Crippen molar-refractivity contribution >= 4 is 6.03 Å². The number of nitrogens with one attached hydrogen (secondary N) is 1. The highest BCUT2D eigenvalue weighted by molar-refractivity contribution is 5.75. The van der Waals surface area contributed by atoms with Gasteiger partial charge >= 0.3 is 6.03 Å². The van der Waals surface area contributed by atoms with Crippen LogP contribution in [0.4, 0.5) is 4.79 Å². The number of aliphatic hydroxyl groups is 1. The van der Waals surface area contributed by atoms with Gasteiger partial charge in [-0.15, -0.1) is 0 Å². The van der Waals surface area contributed by atoms with E-state index in [1.165, 1.54) is 6.42 Å². The number of amides is 2. The molecule has 2 fully saturated rings. The highest BCUT2D eigenvalue weighted by atomic mass is 16.3. The molecule has 0 bridgehead atoms. The molecule has 74 valence electrons. The monoisotopic (exact) mass is 184 g/mol. The maximum absolute atomic E-state index is 11.5. The summed E-state index contributed by atoms with van der Waals surface area (Å²) in [6.45, 7) is 1.19. The minimum atomic E-state index is -0.313. The first kappa shape index (κ1) is 8.81. The van der Waals surface area contributed by atoms with Crippen molar-refractivity contribution in [1.82, 2.24) is 10.2 Å². The first-order valence-corrected chi connectivity index (χ1v) is 4.99. The van der Waals surface area contributed by atoms with Crippen LogP contribution in [0.25, 0.3) is 0 Å². The fraction of sp³-hybridized carbons (Fsp3) is 0.889. The van der Waals surface area contributed by atoms with Crippen LogP contribution in [0.15, 0.2) is 0 Å².